The zero-order valence-corrected chi connectivity index (χ0v) is 18.7. The van der Waals surface area contributed by atoms with Gasteiger partial charge in [0.05, 0.1) is 10.6 Å². The third-order valence-electron chi connectivity index (χ3n) is 4.77. The van der Waals surface area contributed by atoms with E-state index in [1.54, 1.807) is 60.7 Å². The number of nitrogens with one attached hydrogen (secondary N) is 1. The molecular weight excluding hydrogens is 424 g/mol. The molecule has 0 heterocycles. The number of carbonyl (C=O) groups excluding carboxylic acids is 1. The molecule has 0 fully saturated rings. The predicted octanol–water partition coefficient (Wildman–Crippen LogP) is 4.65. The van der Waals surface area contributed by atoms with E-state index in [0.717, 1.165) is 9.87 Å². The Bertz CT molecular complexity index is 1160. The van der Waals surface area contributed by atoms with Crippen LogP contribution in [-0.4, -0.2) is 27.5 Å². The lowest BCUT2D eigenvalue weighted by Crippen LogP contribution is -2.38. The molecule has 6 nitrogen and oxygen atoms in total. The summed E-state index contributed by atoms with van der Waals surface area (Å²) < 4.78 is 33.5. The number of aryl methyl sites for hydroxylation is 1. The minimum absolute atomic E-state index is 0.127. The molecular formula is C25H26N2O4S. The van der Waals surface area contributed by atoms with E-state index in [1.165, 1.54) is 12.1 Å². The van der Waals surface area contributed by atoms with Gasteiger partial charge in [-0.3, -0.25) is 9.10 Å². The molecule has 0 saturated heterocycles. The van der Waals surface area contributed by atoms with Gasteiger partial charge in [-0.2, -0.15) is 0 Å². The summed E-state index contributed by atoms with van der Waals surface area (Å²) in [7, 11) is -3.95. The van der Waals surface area contributed by atoms with Crippen molar-refractivity contribution in [3.63, 3.8) is 0 Å². The first kappa shape index (κ1) is 23.1. The Hall–Kier alpha value is -3.58. The highest BCUT2D eigenvalue weighted by atomic mass is 32.2. The summed E-state index contributed by atoms with van der Waals surface area (Å²) in [5.74, 6) is 0.197. The molecule has 0 spiro atoms. The number of rotatable bonds is 10. The SMILES string of the molecule is C=CCOc1ccc(NC(=O)CN(c2ccccc2CC)S(=O)(=O)c2ccccc2)cc1. The summed E-state index contributed by atoms with van der Waals surface area (Å²) in [6.07, 6.45) is 2.27. The lowest BCUT2D eigenvalue weighted by Gasteiger charge is -2.26. The molecule has 0 aliphatic rings. The molecule has 0 unspecified atom stereocenters. The highest BCUT2D eigenvalue weighted by Gasteiger charge is 2.28. The number of anilines is 2. The molecule has 0 aliphatic heterocycles. The summed E-state index contributed by atoms with van der Waals surface area (Å²) >= 11 is 0. The van der Waals surface area contributed by atoms with Gasteiger partial charge >= 0.3 is 0 Å². The molecule has 3 rings (SSSR count). The summed E-state index contributed by atoms with van der Waals surface area (Å²) in [6.45, 7) is 5.58. The normalized spacial score (nSPS) is 10.9. The van der Waals surface area contributed by atoms with Gasteiger partial charge in [-0.05, 0) is 54.4 Å². The van der Waals surface area contributed by atoms with Crippen LogP contribution in [0.2, 0.25) is 0 Å². The molecule has 3 aromatic carbocycles. The van der Waals surface area contributed by atoms with E-state index in [9.17, 15) is 13.2 Å². The van der Waals surface area contributed by atoms with Gasteiger partial charge < -0.3 is 10.1 Å². The van der Waals surface area contributed by atoms with Crippen LogP contribution < -0.4 is 14.4 Å². The van der Waals surface area contributed by atoms with Gasteiger partial charge in [0.25, 0.3) is 10.0 Å². The highest BCUT2D eigenvalue weighted by molar-refractivity contribution is 7.92. The monoisotopic (exact) mass is 450 g/mol. The third-order valence-corrected chi connectivity index (χ3v) is 6.54. The maximum Gasteiger partial charge on any atom is 0.264 e. The number of carbonyl (C=O) groups is 1. The summed E-state index contributed by atoms with van der Waals surface area (Å²) in [5.41, 5.74) is 1.87. The molecule has 3 aromatic rings. The molecule has 0 aliphatic carbocycles. The fourth-order valence-electron chi connectivity index (χ4n) is 3.19. The Labute approximate surface area is 189 Å². The summed E-state index contributed by atoms with van der Waals surface area (Å²) in [6, 6.07) is 22.2. The number of hydrogen-bond donors (Lipinski definition) is 1. The first-order valence-corrected chi connectivity index (χ1v) is 11.7. The average Bonchev–Trinajstić information content (AvgIpc) is 2.82. The van der Waals surface area contributed by atoms with Crippen LogP contribution in [0.15, 0.2) is 96.4 Å². The van der Waals surface area contributed by atoms with E-state index in [4.69, 9.17) is 4.74 Å². The number of nitrogens with zero attached hydrogens (tertiary/aromatic N) is 1. The Kier molecular flexibility index (Phi) is 7.68. The van der Waals surface area contributed by atoms with Crippen LogP contribution in [0.1, 0.15) is 12.5 Å². The van der Waals surface area contributed by atoms with Crippen LogP contribution in [0.3, 0.4) is 0 Å². The molecule has 0 bridgehead atoms. The highest BCUT2D eigenvalue weighted by Crippen LogP contribution is 2.27. The Morgan fingerprint density at radius 2 is 1.66 bits per heavy atom. The van der Waals surface area contributed by atoms with Crippen LogP contribution in [0, 0.1) is 0 Å². The summed E-state index contributed by atoms with van der Waals surface area (Å²) in [4.78, 5) is 13.0. The minimum atomic E-state index is -3.95. The van der Waals surface area contributed by atoms with Crippen LogP contribution in [0.25, 0.3) is 0 Å². The quantitative estimate of drug-likeness (QED) is 0.456. The maximum absolute atomic E-state index is 13.5. The second kappa shape index (κ2) is 10.6. The van der Waals surface area contributed by atoms with Gasteiger partial charge in [-0.15, -0.1) is 0 Å². The molecule has 166 valence electrons. The molecule has 0 radical (unpaired) electrons. The van der Waals surface area contributed by atoms with Crippen LogP contribution in [-0.2, 0) is 21.2 Å². The van der Waals surface area contributed by atoms with E-state index in [-0.39, 0.29) is 11.4 Å². The van der Waals surface area contributed by atoms with Crippen LogP contribution in [0.5, 0.6) is 5.75 Å². The van der Waals surface area contributed by atoms with Crippen molar-refractivity contribution in [1.82, 2.24) is 0 Å². The Morgan fingerprint density at radius 1 is 1.00 bits per heavy atom. The molecule has 7 heteroatoms. The largest absolute Gasteiger partial charge is 0.490 e. The molecule has 0 atom stereocenters. The van der Waals surface area contributed by atoms with Crippen LogP contribution in [0.4, 0.5) is 11.4 Å². The molecule has 1 N–H and O–H groups in total. The maximum atomic E-state index is 13.5. The fourth-order valence-corrected chi connectivity index (χ4v) is 4.67. The van der Waals surface area contributed by atoms with Crippen molar-refractivity contribution in [2.45, 2.75) is 18.2 Å². The zero-order chi connectivity index (χ0) is 23.0. The van der Waals surface area contributed by atoms with Gasteiger partial charge in [-0.25, -0.2) is 8.42 Å². The lowest BCUT2D eigenvalue weighted by atomic mass is 10.1. The van der Waals surface area contributed by atoms with Gasteiger partial charge in [-0.1, -0.05) is 56.0 Å². The zero-order valence-electron chi connectivity index (χ0n) is 17.9. The van der Waals surface area contributed by atoms with Crippen molar-refractivity contribution in [3.8, 4) is 5.75 Å². The fraction of sp³-hybridized carbons (Fsp3) is 0.160. The summed E-state index contributed by atoms with van der Waals surface area (Å²) in [5, 5.41) is 2.77. The topological polar surface area (TPSA) is 75.7 Å². The predicted molar refractivity (Wildman–Crippen MR) is 128 cm³/mol. The van der Waals surface area contributed by atoms with Crippen molar-refractivity contribution in [1.29, 1.82) is 0 Å². The molecule has 1 amide bonds. The van der Waals surface area contributed by atoms with E-state index in [0.29, 0.717) is 30.2 Å². The molecule has 0 aromatic heterocycles. The van der Waals surface area contributed by atoms with Crippen molar-refractivity contribution in [2.75, 3.05) is 22.8 Å². The second-order valence-corrected chi connectivity index (χ2v) is 8.84. The third kappa shape index (κ3) is 5.56. The van der Waals surface area contributed by atoms with Gasteiger partial charge in [0.1, 0.15) is 18.9 Å². The molecule has 0 saturated carbocycles. The standard InChI is InChI=1S/C25H26N2O4S/c1-3-18-31-22-16-14-21(15-17-22)26-25(28)19-27(24-13-9-8-10-20(24)4-2)32(29,30)23-11-6-5-7-12-23/h3,5-17H,1,4,18-19H2,2H3,(H,26,28). The van der Waals surface area contributed by atoms with Crippen molar-refractivity contribution >= 4 is 27.3 Å². The number of benzene rings is 3. The van der Waals surface area contributed by atoms with E-state index in [1.807, 2.05) is 19.1 Å². The van der Waals surface area contributed by atoms with E-state index in [2.05, 4.69) is 11.9 Å². The van der Waals surface area contributed by atoms with Crippen molar-refractivity contribution in [3.05, 3.63) is 97.1 Å². The average molecular weight is 451 g/mol. The lowest BCUT2D eigenvalue weighted by molar-refractivity contribution is -0.114. The van der Waals surface area contributed by atoms with Gasteiger partial charge in [0.15, 0.2) is 0 Å². The Morgan fingerprint density at radius 3 is 2.31 bits per heavy atom. The Balaban J connectivity index is 1.87. The number of sulfonamides is 1. The van der Waals surface area contributed by atoms with Crippen molar-refractivity contribution in [2.24, 2.45) is 0 Å². The number of para-hydroxylation sites is 1. The molecule has 32 heavy (non-hydrogen) atoms. The van der Waals surface area contributed by atoms with Crippen molar-refractivity contribution < 1.29 is 17.9 Å². The van der Waals surface area contributed by atoms with E-state index >= 15 is 0 Å². The number of hydrogen-bond acceptors (Lipinski definition) is 4. The minimum Gasteiger partial charge on any atom is -0.490 e. The van der Waals surface area contributed by atoms with Gasteiger partial charge in [0, 0.05) is 5.69 Å². The number of amides is 1. The second-order valence-electron chi connectivity index (χ2n) is 6.98. The van der Waals surface area contributed by atoms with Gasteiger partial charge in [0.2, 0.25) is 5.91 Å². The first-order valence-electron chi connectivity index (χ1n) is 10.2. The van der Waals surface area contributed by atoms with Crippen LogP contribution >= 0.6 is 0 Å². The number of ether oxygens (including phenoxy) is 1. The smallest absolute Gasteiger partial charge is 0.264 e. The first-order chi connectivity index (χ1) is 15.5. The van der Waals surface area contributed by atoms with E-state index < -0.39 is 15.9 Å².